The average Bonchev–Trinajstić information content (AvgIpc) is 2.95. The van der Waals surface area contributed by atoms with Gasteiger partial charge in [-0.25, -0.2) is 17.4 Å². The summed E-state index contributed by atoms with van der Waals surface area (Å²) in [7, 11) is -7.58. The van der Waals surface area contributed by atoms with Crippen molar-refractivity contribution < 1.29 is 21.0 Å². The zero-order valence-electron chi connectivity index (χ0n) is 13.7. The predicted molar refractivity (Wildman–Crippen MR) is 98.3 cm³/mol. The highest BCUT2D eigenvalue weighted by Gasteiger charge is 2.24. The molecule has 0 unspecified atom stereocenters. The van der Waals surface area contributed by atoms with Crippen molar-refractivity contribution >= 4 is 42.8 Å². The lowest BCUT2D eigenvalue weighted by Crippen LogP contribution is -2.17. The molecule has 0 fully saturated rings. The number of fused-ring (bicyclic) bond motifs is 1. The molecule has 0 spiro atoms. The number of rotatable bonds is 6. The average molecular weight is 415 g/mol. The Labute approximate surface area is 156 Å². The molecule has 0 saturated heterocycles. The lowest BCUT2D eigenvalue weighted by atomic mass is 10.3. The van der Waals surface area contributed by atoms with E-state index in [1.807, 2.05) is 0 Å². The van der Waals surface area contributed by atoms with Crippen LogP contribution in [0.2, 0.25) is 5.02 Å². The summed E-state index contributed by atoms with van der Waals surface area (Å²) >= 11 is 6.17. The van der Waals surface area contributed by atoms with Crippen LogP contribution in [0, 0.1) is 0 Å². The second-order valence-corrected chi connectivity index (χ2v) is 9.36. The van der Waals surface area contributed by atoms with E-state index >= 15 is 0 Å². The fraction of sp³-hybridized carbons (Fsp3) is 0.188. The first-order valence-corrected chi connectivity index (χ1v) is 11.1. The van der Waals surface area contributed by atoms with Gasteiger partial charge in [-0.2, -0.15) is 8.42 Å². The summed E-state index contributed by atoms with van der Waals surface area (Å²) in [4.78, 5) is 4.24. The maximum Gasteiger partial charge on any atom is 0.269 e. The molecule has 0 aliphatic carbocycles. The molecule has 0 bridgehead atoms. The first-order chi connectivity index (χ1) is 12.2. The molecule has 0 radical (unpaired) electrons. The van der Waals surface area contributed by atoms with E-state index in [-0.39, 0.29) is 23.6 Å². The van der Waals surface area contributed by atoms with Gasteiger partial charge in [0.1, 0.15) is 0 Å². The molecule has 138 valence electrons. The molecule has 0 aliphatic heterocycles. The molecule has 0 aliphatic rings. The van der Waals surface area contributed by atoms with Gasteiger partial charge in [-0.05, 0) is 24.3 Å². The van der Waals surface area contributed by atoms with Crippen LogP contribution in [-0.4, -0.2) is 38.7 Å². The summed E-state index contributed by atoms with van der Waals surface area (Å²) in [6, 6.07) is 11.0. The van der Waals surface area contributed by atoms with Crippen molar-refractivity contribution in [3.05, 3.63) is 59.4 Å². The van der Waals surface area contributed by atoms with E-state index in [4.69, 9.17) is 15.8 Å². The van der Waals surface area contributed by atoms with Gasteiger partial charge in [0, 0.05) is 23.7 Å². The Morgan fingerprint density at radius 1 is 1.12 bits per heavy atom. The van der Waals surface area contributed by atoms with Crippen molar-refractivity contribution in [2.24, 2.45) is 0 Å². The largest absolute Gasteiger partial charge is 0.270 e. The van der Waals surface area contributed by atoms with Crippen molar-refractivity contribution in [1.29, 1.82) is 0 Å². The Morgan fingerprint density at radius 2 is 1.81 bits per heavy atom. The smallest absolute Gasteiger partial charge is 0.269 e. The van der Waals surface area contributed by atoms with Gasteiger partial charge in [-0.15, -0.1) is 0 Å². The number of aromatic nitrogens is 2. The molecule has 1 aromatic carbocycles. The summed E-state index contributed by atoms with van der Waals surface area (Å²) in [6.07, 6.45) is 2.39. The van der Waals surface area contributed by atoms with Crippen LogP contribution < -0.4 is 0 Å². The summed E-state index contributed by atoms with van der Waals surface area (Å²) in [5.74, 6) is 0. The van der Waals surface area contributed by atoms with Gasteiger partial charge < -0.3 is 0 Å². The van der Waals surface area contributed by atoms with Crippen LogP contribution in [0.15, 0.2) is 53.6 Å². The minimum Gasteiger partial charge on any atom is -0.270 e. The second kappa shape index (κ2) is 6.99. The van der Waals surface area contributed by atoms with Crippen LogP contribution in [0.4, 0.5) is 0 Å². The highest BCUT2D eigenvalue weighted by Crippen LogP contribution is 2.29. The first-order valence-electron chi connectivity index (χ1n) is 7.50. The normalized spacial score (nSPS) is 12.5. The minimum atomic E-state index is -3.95. The third-order valence-corrected chi connectivity index (χ3v) is 6.30. The number of nitrogens with zero attached hydrogens (tertiary/aromatic N) is 2. The lowest BCUT2D eigenvalue weighted by molar-refractivity contribution is 0.324. The molecular weight excluding hydrogens is 400 g/mol. The zero-order chi connectivity index (χ0) is 18.9. The highest BCUT2D eigenvalue weighted by molar-refractivity contribution is 7.90. The van der Waals surface area contributed by atoms with Crippen molar-refractivity contribution in [3.8, 4) is 0 Å². The van der Waals surface area contributed by atoms with Crippen LogP contribution in [0.25, 0.3) is 11.0 Å². The number of halogens is 1. The molecule has 26 heavy (non-hydrogen) atoms. The molecule has 0 N–H and O–H groups in total. The van der Waals surface area contributed by atoms with Crippen LogP contribution in [0.3, 0.4) is 0 Å². The molecular formula is C16H15ClN2O5S2. The molecule has 7 nitrogen and oxygen atoms in total. The maximum absolute atomic E-state index is 13.1. The summed E-state index contributed by atoms with van der Waals surface area (Å²) < 4.78 is 54.4. The molecule has 3 aromatic rings. The van der Waals surface area contributed by atoms with Crippen LogP contribution in [0.5, 0.6) is 0 Å². The van der Waals surface area contributed by atoms with E-state index in [1.54, 1.807) is 30.3 Å². The third-order valence-electron chi connectivity index (χ3n) is 3.62. The molecule has 10 heteroatoms. The Hall–Kier alpha value is -1.94. The number of benzene rings is 1. The summed E-state index contributed by atoms with van der Waals surface area (Å²) in [5, 5.41) is 0.810. The minimum absolute atomic E-state index is 0.0474. The first kappa shape index (κ1) is 18.8. The van der Waals surface area contributed by atoms with Gasteiger partial charge in [0.25, 0.3) is 20.1 Å². The monoisotopic (exact) mass is 414 g/mol. The van der Waals surface area contributed by atoms with E-state index in [0.29, 0.717) is 16.1 Å². The Balaban J connectivity index is 2.16. The zero-order valence-corrected chi connectivity index (χ0v) is 16.1. The number of hydrogen-bond acceptors (Lipinski definition) is 6. The topological polar surface area (TPSA) is 95.3 Å². The SMILES string of the molecule is CS(=O)(=O)OCCc1cc2c(Cl)ccnc2n1S(=O)(=O)c1ccccc1. The van der Waals surface area contributed by atoms with Gasteiger partial charge >= 0.3 is 0 Å². The lowest BCUT2D eigenvalue weighted by Gasteiger charge is -2.11. The molecule has 0 atom stereocenters. The molecule has 3 rings (SSSR count). The van der Waals surface area contributed by atoms with Gasteiger partial charge in [0.2, 0.25) is 0 Å². The molecule has 2 heterocycles. The van der Waals surface area contributed by atoms with Gasteiger partial charge in [-0.3, -0.25) is 4.18 Å². The van der Waals surface area contributed by atoms with Crippen LogP contribution >= 0.6 is 11.6 Å². The third kappa shape index (κ3) is 3.75. The predicted octanol–water partition coefficient (Wildman–Crippen LogP) is 2.45. The van der Waals surface area contributed by atoms with E-state index in [2.05, 4.69) is 4.98 Å². The number of hydrogen-bond donors (Lipinski definition) is 0. The van der Waals surface area contributed by atoms with Crippen molar-refractivity contribution in [2.45, 2.75) is 11.3 Å². The van der Waals surface area contributed by atoms with Crippen LogP contribution in [-0.2, 0) is 30.7 Å². The standard InChI is InChI=1S/C16H15ClN2O5S2/c1-25(20,21)24-10-8-12-11-14-15(17)7-9-18-16(14)19(12)26(22,23)13-5-3-2-4-6-13/h2-7,9,11H,8,10H2,1H3. The van der Waals surface area contributed by atoms with E-state index in [1.165, 1.54) is 18.3 Å². The van der Waals surface area contributed by atoms with E-state index in [9.17, 15) is 16.8 Å². The highest BCUT2D eigenvalue weighted by atomic mass is 35.5. The Kier molecular flexibility index (Phi) is 5.07. The molecule has 2 aromatic heterocycles. The van der Waals surface area contributed by atoms with Gasteiger partial charge in [0.15, 0.2) is 5.65 Å². The van der Waals surface area contributed by atoms with Crippen molar-refractivity contribution in [3.63, 3.8) is 0 Å². The fourth-order valence-electron chi connectivity index (χ4n) is 2.53. The summed E-state index contributed by atoms with van der Waals surface area (Å²) in [5.41, 5.74) is 0.504. The summed E-state index contributed by atoms with van der Waals surface area (Å²) in [6.45, 7) is -0.197. The van der Waals surface area contributed by atoms with Gasteiger partial charge in [-0.1, -0.05) is 29.8 Å². The molecule has 0 saturated carbocycles. The maximum atomic E-state index is 13.1. The Bertz CT molecular complexity index is 1160. The van der Waals surface area contributed by atoms with Crippen molar-refractivity contribution in [2.75, 3.05) is 12.9 Å². The van der Waals surface area contributed by atoms with Crippen LogP contribution in [0.1, 0.15) is 5.69 Å². The number of pyridine rings is 1. The fourth-order valence-corrected chi connectivity index (χ4v) is 4.65. The van der Waals surface area contributed by atoms with E-state index in [0.717, 1.165) is 10.2 Å². The second-order valence-electron chi connectivity index (χ2n) is 5.52. The molecule has 0 amide bonds. The van der Waals surface area contributed by atoms with E-state index < -0.39 is 20.1 Å². The van der Waals surface area contributed by atoms with Crippen molar-refractivity contribution in [1.82, 2.24) is 8.96 Å². The quantitative estimate of drug-likeness (QED) is 0.575. The Morgan fingerprint density at radius 3 is 2.46 bits per heavy atom. The van der Waals surface area contributed by atoms with Gasteiger partial charge in [0.05, 0.1) is 22.8 Å².